The molecular formula is C16H18N2O3S. The summed E-state index contributed by atoms with van der Waals surface area (Å²) in [5.41, 5.74) is 4.26. The lowest BCUT2D eigenvalue weighted by Crippen LogP contribution is -2.15. The van der Waals surface area contributed by atoms with Crippen LogP contribution in [0.3, 0.4) is 0 Å². The number of carbonyl (C=O) groups is 2. The molecule has 0 aliphatic carbocycles. The Morgan fingerprint density at radius 2 is 1.82 bits per heavy atom. The van der Waals surface area contributed by atoms with Crippen molar-refractivity contribution in [1.29, 1.82) is 0 Å². The van der Waals surface area contributed by atoms with Crippen LogP contribution in [0.15, 0.2) is 12.1 Å². The smallest absolute Gasteiger partial charge is 0.352 e. The lowest BCUT2D eigenvalue weighted by molar-refractivity contribution is 0.0478. The average molecular weight is 318 g/mol. The maximum Gasteiger partial charge on any atom is 0.352 e. The van der Waals surface area contributed by atoms with Gasteiger partial charge in [-0.15, -0.1) is 5.10 Å². The number of benzene rings is 1. The summed E-state index contributed by atoms with van der Waals surface area (Å²) < 4.78 is 8.85. The van der Waals surface area contributed by atoms with E-state index in [1.54, 1.807) is 0 Å². The van der Waals surface area contributed by atoms with Crippen LogP contribution in [-0.4, -0.2) is 27.9 Å². The molecule has 0 saturated carbocycles. The summed E-state index contributed by atoms with van der Waals surface area (Å²) >= 11 is 0.990. The lowest BCUT2D eigenvalue weighted by Gasteiger charge is -2.09. The Labute approximate surface area is 133 Å². The molecule has 0 atom stereocenters. The maximum absolute atomic E-state index is 12.3. The summed E-state index contributed by atoms with van der Waals surface area (Å²) in [5.74, 6) is -0.744. The minimum Gasteiger partial charge on any atom is -0.453 e. The fourth-order valence-electron chi connectivity index (χ4n) is 2.13. The van der Waals surface area contributed by atoms with Crippen molar-refractivity contribution in [3.05, 3.63) is 45.0 Å². The molecule has 2 aromatic rings. The third-order valence-corrected chi connectivity index (χ3v) is 4.30. The van der Waals surface area contributed by atoms with Crippen LogP contribution in [0.25, 0.3) is 0 Å². The normalized spacial score (nSPS) is 10.5. The Hall–Kier alpha value is -2.08. The van der Waals surface area contributed by atoms with Crippen molar-refractivity contribution in [2.45, 2.75) is 34.1 Å². The number of rotatable bonds is 5. The van der Waals surface area contributed by atoms with Crippen molar-refractivity contribution in [3.8, 4) is 0 Å². The van der Waals surface area contributed by atoms with Crippen LogP contribution >= 0.6 is 11.5 Å². The SMILES string of the molecule is CCc1nnsc1C(=O)OCC(=O)c1cc(C)c(C)cc1C. The fourth-order valence-corrected chi connectivity index (χ4v) is 2.78. The molecule has 22 heavy (non-hydrogen) atoms. The van der Waals surface area contributed by atoms with E-state index in [1.807, 2.05) is 39.8 Å². The zero-order valence-electron chi connectivity index (χ0n) is 13.1. The maximum atomic E-state index is 12.3. The number of aromatic nitrogens is 2. The van der Waals surface area contributed by atoms with Gasteiger partial charge in [0.05, 0.1) is 5.69 Å². The zero-order valence-corrected chi connectivity index (χ0v) is 13.9. The van der Waals surface area contributed by atoms with E-state index in [2.05, 4.69) is 9.59 Å². The van der Waals surface area contributed by atoms with Gasteiger partial charge in [0.1, 0.15) is 0 Å². The highest BCUT2D eigenvalue weighted by molar-refractivity contribution is 7.07. The summed E-state index contributed by atoms with van der Waals surface area (Å²) in [4.78, 5) is 24.6. The number of esters is 1. The summed E-state index contributed by atoms with van der Waals surface area (Å²) in [5, 5.41) is 3.86. The third kappa shape index (κ3) is 3.39. The summed E-state index contributed by atoms with van der Waals surface area (Å²) in [6.45, 7) is 7.44. The zero-order chi connectivity index (χ0) is 16.3. The second kappa shape index (κ2) is 6.79. The molecule has 0 radical (unpaired) electrons. The van der Waals surface area contributed by atoms with E-state index in [4.69, 9.17) is 4.74 Å². The van der Waals surface area contributed by atoms with Crippen LogP contribution in [0.4, 0.5) is 0 Å². The second-order valence-corrected chi connectivity index (χ2v) is 5.91. The van der Waals surface area contributed by atoms with Crippen molar-refractivity contribution < 1.29 is 14.3 Å². The van der Waals surface area contributed by atoms with E-state index >= 15 is 0 Å². The van der Waals surface area contributed by atoms with E-state index in [0.717, 1.165) is 28.2 Å². The van der Waals surface area contributed by atoms with Crippen molar-refractivity contribution in [2.24, 2.45) is 0 Å². The first-order valence-corrected chi connectivity index (χ1v) is 7.80. The third-order valence-electron chi connectivity index (χ3n) is 3.55. The van der Waals surface area contributed by atoms with Crippen molar-refractivity contribution in [2.75, 3.05) is 6.61 Å². The lowest BCUT2D eigenvalue weighted by atomic mass is 9.98. The molecule has 0 aliphatic heterocycles. The number of carbonyl (C=O) groups excluding carboxylic acids is 2. The molecule has 1 heterocycles. The van der Waals surface area contributed by atoms with Crippen molar-refractivity contribution in [1.82, 2.24) is 9.59 Å². The summed E-state index contributed by atoms with van der Waals surface area (Å²) in [7, 11) is 0. The van der Waals surface area contributed by atoms with Crippen LogP contribution in [0.1, 0.15) is 49.3 Å². The number of Topliss-reactive ketones (excluding diaryl/α,β-unsaturated/α-hetero) is 1. The van der Waals surface area contributed by atoms with Gasteiger partial charge in [0.2, 0.25) is 5.78 Å². The van der Waals surface area contributed by atoms with Gasteiger partial charge < -0.3 is 4.74 Å². The van der Waals surface area contributed by atoms with Gasteiger partial charge in [0, 0.05) is 5.56 Å². The Morgan fingerprint density at radius 1 is 1.14 bits per heavy atom. The minimum atomic E-state index is -0.540. The highest BCUT2D eigenvalue weighted by atomic mass is 32.1. The van der Waals surface area contributed by atoms with Gasteiger partial charge in [-0.2, -0.15) is 0 Å². The Bertz CT molecular complexity index is 722. The largest absolute Gasteiger partial charge is 0.453 e. The first kappa shape index (κ1) is 16.3. The van der Waals surface area contributed by atoms with E-state index in [0.29, 0.717) is 22.6 Å². The fraction of sp³-hybridized carbons (Fsp3) is 0.375. The molecule has 1 aromatic carbocycles. The Morgan fingerprint density at radius 3 is 2.50 bits per heavy atom. The number of hydrogen-bond donors (Lipinski definition) is 0. The number of aryl methyl sites for hydroxylation is 4. The van der Waals surface area contributed by atoms with Crippen molar-refractivity contribution >= 4 is 23.3 Å². The molecule has 0 unspecified atom stereocenters. The molecule has 0 aliphatic rings. The average Bonchev–Trinajstić information content (AvgIpc) is 2.96. The standard InChI is InChI=1S/C16H18N2O3S/c1-5-13-15(22-18-17-13)16(20)21-8-14(19)12-7-10(3)9(2)6-11(12)4/h6-7H,5,8H2,1-4H3. The number of ketones is 1. The molecule has 0 bridgehead atoms. The Balaban J connectivity index is 2.07. The van der Waals surface area contributed by atoms with Gasteiger partial charge in [-0.25, -0.2) is 4.79 Å². The number of ether oxygens (including phenoxy) is 1. The number of nitrogens with zero attached hydrogens (tertiary/aromatic N) is 2. The quantitative estimate of drug-likeness (QED) is 0.626. The molecular weight excluding hydrogens is 300 g/mol. The molecule has 0 saturated heterocycles. The second-order valence-electron chi connectivity index (χ2n) is 5.15. The predicted octanol–water partition coefficient (Wildman–Crippen LogP) is 3.07. The van der Waals surface area contributed by atoms with Gasteiger partial charge in [0.15, 0.2) is 11.5 Å². The molecule has 0 amide bonds. The van der Waals surface area contributed by atoms with Gasteiger partial charge in [-0.3, -0.25) is 4.79 Å². The van der Waals surface area contributed by atoms with Gasteiger partial charge in [-0.1, -0.05) is 17.5 Å². The number of hydrogen-bond acceptors (Lipinski definition) is 6. The molecule has 5 nitrogen and oxygen atoms in total. The highest BCUT2D eigenvalue weighted by Crippen LogP contribution is 2.17. The molecule has 116 valence electrons. The van der Waals surface area contributed by atoms with Crippen molar-refractivity contribution in [3.63, 3.8) is 0 Å². The van der Waals surface area contributed by atoms with Crippen LogP contribution < -0.4 is 0 Å². The van der Waals surface area contributed by atoms with Crippen LogP contribution in [0, 0.1) is 20.8 Å². The van der Waals surface area contributed by atoms with Gasteiger partial charge >= 0.3 is 5.97 Å². The van der Waals surface area contributed by atoms with Crippen LogP contribution in [0.5, 0.6) is 0 Å². The first-order valence-electron chi connectivity index (χ1n) is 7.03. The first-order chi connectivity index (χ1) is 10.4. The molecule has 6 heteroatoms. The van der Waals surface area contributed by atoms with E-state index in [-0.39, 0.29) is 12.4 Å². The van der Waals surface area contributed by atoms with E-state index < -0.39 is 5.97 Å². The van der Waals surface area contributed by atoms with Crippen LogP contribution in [0.2, 0.25) is 0 Å². The molecule has 1 aromatic heterocycles. The van der Waals surface area contributed by atoms with E-state index in [1.165, 1.54) is 0 Å². The molecule has 0 N–H and O–H groups in total. The summed E-state index contributed by atoms with van der Waals surface area (Å²) in [6.07, 6.45) is 0.602. The predicted molar refractivity (Wildman–Crippen MR) is 84.6 cm³/mol. The Kier molecular flexibility index (Phi) is 5.03. The molecule has 0 fully saturated rings. The monoisotopic (exact) mass is 318 g/mol. The topological polar surface area (TPSA) is 69.2 Å². The van der Waals surface area contributed by atoms with Gasteiger partial charge in [-0.05, 0) is 61.5 Å². The molecule has 0 spiro atoms. The highest BCUT2D eigenvalue weighted by Gasteiger charge is 2.19. The van der Waals surface area contributed by atoms with E-state index in [9.17, 15) is 9.59 Å². The van der Waals surface area contributed by atoms with Crippen LogP contribution in [-0.2, 0) is 11.2 Å². The molecule has 2 rings (SSSR count). The summed E-state index contributed by atoms with van der Waals surface area (Å²) in [6, 6.07) is 3.80. The van der Waals surface area contributed by atoms with Gasteiger partial charge in [0.25, 0.3) is 0 Å². The minimum absolute atomic E-state index is 0.204.